The number of nitrogens with zero attached hydrogens (tertiary/aromatic N) is 2. The van der Waals surface area contributed by atoms with Gasteiger partial charge in [0.25, 0.3) is 0 Å². The van der Waals surface area contributed by atoms with Crippen LogP contribution in [0.15, 0.2) is 24.3 Å². The number of benzene rings is 1. The number of aromatic nitrogens is 2. The zero-order valence-corrected chi connectivity index (χ0v) is 12.2. The highest BCUT2D eigenvalue weighted by Crippen LogP contribution is 2.45. The van der Waals surface area contributed by atoms with Crippen molar-refractivity contribution in [3.8, 4) is 0 Å². The Morgan fingerprint density at radius 2 is 2.19 bits per heavy atom. The van der Waals surface area contributed by atoms with E-state index in [-0.39, 0.29) is 12.6 Å². The molecule has 5 heteroatoms. The maximum absolute atomic E-state index is 12.4. The lowest BCUT2D eigenvalue weighted by atomic mass is 9.68. The number of rotatable bonds is 5. The van der Waals surface area contributed by atoms with Crippen LogP contribution in [0, 0.1) is 0 Å². The number of carbonyl (C=O) groups is 1. The molecular formula is C16H20N2O3. The normalized spacial score (nSPS) is 16.7. The summed E-state index contributed by atoms with van der Waals surface area (Å²) in [7, 11) is 0. The first-order chi connectivity index (χ1) is 10.2. The van der Waals surface area contributed by atoms with Gasteiger partial charge in [0, 0.05) is 6.54 Å². The lowest BCUT2D eigenvalue weighted by Crippen LogP contribution is -2.46. The molecule has 0 spiro atoms. The Morgan fingerprint density at radius 3 is 2.81 bits per heavy atom. The molecule has 1 aromatic carbocycles. The zero-order chi connectivity index (χ0) is 14.9. The highest BCUT2D eigenvalue weighted by atomic mass is 16.5. The molecule has 0 aliphatic heterocycles. The number of fused-ring (bicyclic) bond motifs is 1. The van der Waals surface area contributed by atoms with Gasteiger partial charge >= 0.3 is 5.97 Å². The molecule has 2 aromatic rings. The third kappa shape index (κ3) is 2.12. The molecule has 0 saturated heterocycles. The molecule has 1 N–H and O–H groups in total. The van der Waals surface area contributed by atoms with Crippen LogP contribution in [-0.4, -0.2) is 33.8 Å². The van der Waals surface area contributed by atoms with Gasteiger partial charge in [-0.15, -0.1) is 0 Å². The highest BCUT2D eigenvalue weighted by molar-refractivity contribution is 5.86. The Kier molecular flexibility index (Phi) is 3.68. The van der Waals surface area contributed by atoms with Gasteiger partial charge in [0.1, 0.15) is 11.2 Å². The van der Waals surface area contributed by atoms with Crippen LogP contribution in [0.3, 0.4) is 0 Å². The first kappa shape index (κ1) is 14.1. The van der Waals surface area contributed by atoms with Crippen LogP contribution in [-0.2, 0) is 21.5 Å². The molecule has 3 rings (SSSR count). The van der Waals surface area contributed by atoms with Gasteiger partial charge in [-0.3, -0.25) is 4.79 Å². The number of hydrogen-bond donors (Lipinski definition) is 1. The quantitative estimate of drug-likeness (QED) is 0.855. The maximum atomic E-state index is 12.4. The average molecular weight is 288 g/mol. The van der Waals surface area contributed by atoms with E-state index in [1.165, 1.54) is 0 Å². The summed E-state index contributed by atoms with van der Waals surface area (Å²) >= 11 is 0. The van der Waals surface area contributed by atoms with Crippen LogP contribution in [0.25, 0.3) is 11.0 Å². The molecule has 1 aromatic heterocycles. The second-order valence-corrected chi connectivity index (χ2v) is 5.46. The molecule has 1 saturated carbocycles. The number of para-hydroxylation sites is 2. The summed E-state index contributed by atoms with van der Waals surface area (Å²) in [5.74, 6) is 0.549. The number of aliphatic hydroxyl groups is 1. The summed E-state index contributed by atoms with van der Waals surface area (Å²) in [6, 6.07) is 7.78. The van der Waals surface area contributed by atoms with Crippen LogP contribution < -0.4 is 0 Å². The van der Waals surface area contributed by atoms with Crippen molar-refractivity contribution in [3.63, 3.8) is 0 Å². The lowest BCUT2D eigenvalue weighted by Gasteiger charge is -2.38. The molecule has 0 atom stereocenters. The second kappa shape index (κ2) is 5.48. The third-order valence-electron chi connectivity index (χ3n) is 4.28. The SMILES string of the molecule is CCOC(=O)C1(c2nc3ccccc3n2CCO)CCC1. The number of carbonyl (C=O) groups excluding carboxylic acids is 1. The van der Waals surface area contributed by atoms with E-state index in [1.807, 2.05) is 35.8 Å². The summed E-state index contributed by atoms with van der Waals surface area (Å²) in [4.78, 5) is 17.1. The van der Waals surface area contributed by atoms with Gasteiger partial charge in [0.2, 0.25) is 0 Å². The fourth-order valence-electron chi connectivity index (χ4n) is 3.09. The number of esters is 1. The van der Waals surface area contributed by atoms with Gasteiger partial charge < -0.3 is 14.4 Å². The molecule has 0 amide bonds. The van der Waals surface area contributed by atoms with Crippen LogP contribution in [0.4, 0.5) is 0 Å². The van der Waals surface area contributed by atoms with Gasteiger partial charge in [-0.25, -0.2) is 4.98 Å². The highest BCUT2D eigenvalue weighted by Gasteiger charge is 2.50. The molecule has 0 unspecified atom stereocenters. The predicted octanol–water partition coefficient (Wildman–Crippen LogP) is 2.01. The summed E-state index contributed by atoms with van der Waals surface area (Å²) in [6.07, 6.45) is 2.53. The Bertz CT molecular complexity index is 659. The minimum absolute atomic E-state index is 0.0201. The molecule has 112 valence electrons. The van der Waals surface area contributed by atoms with Crippen LogP contribution >= 0.6 is 0 Å². The van der Waals surface area contributed by atoms with Gasteiger partial charge in [-0.2, -0.15) is 0 Å². The molecule has 1 aliphatic rings. The molecular weight excluding hydrogens is 268 g/mol. The zero-order valence-electron chi connectivity index (χ0n) is 12.2. The fourth-order valence-corrected chi connectivity index (χ4v) is 3.09. The van der Waals surface area contributed by atoms with E-state index in [1.54, 1.807) is 0 Å². The van der Waals surface area contributed by atoms with E-state index >= 15 is 0 Å². The summed E-state index contributed by atoms with van der Waals surface area (Å²) < 4.78 is 7.24. The van der Waals surface area contributed by atoms with Gasteiger partial charge in [0.15, 0.2) is 0 Å². The third-order valence-corrected chi connectivity index (χ3v) is 4.28. The van der Waals surface area contributed by atoms with Crippen molar-refractivity contribution < 1.29 is 14.6 Å². The minimum Gasteiger partial charge on any atom is -0.465 e. The van der Waals surface area contributed by atoms with Crippen molar-refractivity contribution in [1.29, 1.82) is 0 Å². The Labute approximate surface area is 123 Å². The predicted molar refractivity (Wildman–Crippen MR) is 79.0 cm³/mol. The fraction of sp³-hybridized carbons (Fsp3) is 0.500. The van der Waals surface area contributed by atoms with Crippen molar-refractivity contribution in [2.45, 2.75) is 38.1 Å². The second-order valence-electron chi connectivity index (χ2n) is 5.46. The molecule has 21 heavy (non-hydrogen) atoms. The Morgan fingerprint density at radius 1 is 1.43 bits per heavy atom. The number of imidazole rings is 1. The van der Waals surface area contributed by atoms with E-state index in [2.05, 4.69) is 4.98 Å². The van der Waals surface area contributed by atoms with E-state index in [9.17, 15) is 9.90 Å². The monoisotopic (exact) mass is 288 g/mol. The van der Waals surface area contributed by atoms with Gasteiger partial charge in [0.05, 0.1) is 24.2 Å². The molecule has 0 bridgehead atoms. The first-order valence-corrected chi connectivity index (χ1v) is 7.47. The maximum Gasteiger partial charge on any atom is 0.319 e. The number of aliphatic hydroxyl groups excluding tert-OH is 1. The van der Waals surface area contributed by atoms with E-state index in [4.69, 9.17) is 4.74 Å². The van der Waals surface area contributed by atoms with Crippen LogP contribution in [0.2, 0.25) is 0 Å². The van der Waals surface area contributed by atoms with Gasteiger partial charge in [-0.1, -0.05) is 18.6 Å². The van der Waals surface area contributed by atoms with E-state index in [0.717, 1.165) is 36.1 Å². The average Bonchev–Trinajstić information content (AvgIpc) is 2.78. The summed E-state index contributed by atoms with van der Waals surface area (Å²) in [5, 5.41) is 9.36. The lowest BCUT2D eigenvalue weighted by molar-refractivity contribution is -0.154. The summed E-state index contributed by atoms with van der Waals surface area (Å²) in [5.41, 5.74) is 1.18. The van der Waals surface area contributed by atoms with E-state index < -0.39 is 5.41 Å². The minimum atomic E-state index is -0.635. The topological polar surface area (TPSA) is 64.3 Å². The van der Waals surface area contributed by atoms with Crippen LogP contribution in [0.5, 0.6) is 0 Å². The van der Waals surface area contributed by atoms with Gasteiger partial charge in [-0.05, 0) is 31.9 Å². The standard InChI is InChI=1S/C16H20N2O3/c1-2-21-15(20)16(8-5-9-16)14-17-12-6-3-4-7-13(12)18(14)10-11-19/h3-4,6-7,19H,2,5,8-11H2,1H3. The Balaban J connectivity index is 2.13. The number of ether oxygens (including phenoxy) is 1. The van der Waals surface area contributed by atoms with Crippen molar-refractivity contribution >= 4 is 17.0 Å². The smallest absolute Gasteiger partial charge is 0.319 e. The van der Waals surface area contributed by atoms with Crippen molar-refractivity contribution in [3.05, 3.63) is 30.1 Å². The first-order valence-electron chi connectivity index (χ1n) is 7.47. The van der Waals surface area contributed by atoms with Crippen molar-refractivity contribution in [1.82, 2.24) is 9.55 Å². The molecule has 1 heterocycles. The van der Waals surface area contributed by atoms with Crippen molar-refractivity contribution in [2.24, 2.45) is 0 Å². The van der Waals surface area contributed by atoms with Crippen molar-refractivity contribution in [2.75, 3.05) is 13.2 Å². The Hall–Kier alpha value is -1.88. The summed E-state index contributed by atoms with van der Waals surface area (Å²) in [6.45, 7) is 2.66. The number of hydrogen-bond acceptors (Lipinski definition) is 4. The molecule has 5 nitrogen and oxygen atoms in total. The molecule has 1 fully saturated rings. The van der Waals surface area contributed by atoms with E-state index in [0.29, 0.717) is 13.2 Å². The molecule has 0 radical (unpaired) electrons. The molecule has 1 aliphatic carbocycles. The largest absolute Gasteiger partial charge is 0.465 e. The van der Waals surface area contributed by atoms with Crippen LogP contribution in [0.1, 0.15) is 32.0 Å².